The van der Waals surface area contributed by atoms with Gasteiger partial charge in [0.2, 0.25) is 0 Å². The normalized spacial score (nSPS) is 10.5. The molecule has 0 aromatic heterocycles. The minimum Gasteiger partial charge on any atom is -0.699 e. The predicted molar refractivity (Wildman–Crippen MR) is 78.5 cm³/mol. The third kappa shape index (κ3) is 7.21. The zero-order valence-corrected chi connectivity index (χ0v) is 11.6. The molecule has 1 N–H and O–H groups in total. The van der Waals surface area contributed by atoms with Gasteiger partial charge in [0.1, 0.15) is 5.75 Å². The number of hydrogen-bond donors (Lipinski definition) is 0. The Morgan fingerprint density at radius 3 is 2.00 bits per heavy atom. The summed E-state index contributed by atoms with van der Waals surface area (Å²) in [6.45, 7) is 3.05. The topological polar surface area (TPSA) is 33.0 Å². The van der Waals surface area contributed by atoms with Crippen LogP contribution in [0.5, 0.6) is 5.75 Å². The molecule has 0 saturated heterocycles. The van der Waals surface area contributed by atoms with Gasteiger partial charge in [0, 0.05) is 0 Å². The van der Waals surface area contributed by atoms with Gasteiger partial charge >= 0.3 is 0 Å². The van der Waals surface area contributed by atoms with E-state index in [1.54, 1.807) is 12.1 Å². The van der Waals surface area contributed by atoms with E-state index in [1.807, 2.05) is 12.1 Å². The number of ether oxygens (including phenoxy) is 1. The molecule has 2 nitrogen and oxygen atoms in total. The summed E-state index contributed by atoms with van der Waals surface area (Å²) in [7, 11) is 0. The molecule has 102 valence electrons. The second-order valence-electron chi connectivity index (χ2n) is 4.85. The smallest absolute Gasteiger partial charge is 0.119 e. The highest BCUT2D eigenvalue weighted by atomic mass is 16.5. The largest absolute Gasteiger partial charge is 0.699 e. The molecule has 18 heavy (non-hydrogen) atoms. The van der Waals surface area contributed by atoms with Crippen LogP contribution in [0.2, 0.25) is 0 Å². The molecule has 0 bridgehead atoms. The monoisotopic (exact) mass is 248 g/mol. The van der Waals surface area contributed by atoms with E-state index < -0.39 is 0 Å². The van der Waals surface area contributed by atoms with Crippen molar-refractivity contribution in [2.24, 2.45) is 0 Å². The highest BCUT2D eigenvalue weighted by Crippen LogP contribution is 2.17. The van der Waals surface area contributed by atoms with Gasteiger partial charge in [0.25, 0.3) is 0 Å². The van der Waals surface area contributed by atoms with Crippen molar-refractivity contribution >= 4 is 5.69 Å². The van der Waals surface area contributed by atoms with Crippen molar-refractivity contribution in [1.29, 1.82) is 0 Å². The van der Waals surface area contributed by atoms with Crippen LogP contribution in [0.1, 0.15) is 58.3 Å². The van der Waals surface area contributed by atoms with Gasteiger partial charge in [-0.25, -0.2) is 0 Å². The summed E-state index contributed by atoms with van der Waals surface area (Å²) in [4.78, 5) is 0. The van der Waals surface area contributed by atoms with Gasteiger partial charge in [-0.2, -0.15) is 0 Å². The van der Waals surface area contributed by atoms with Crippen LogP contribution in [0.25, 0.3) is 5.73 Å². The first-order valence-corrected chi connectivity index (χ1v) is 7.27. The summed E-state index contributed by atoms with van der Waals surface area (Å²) in [5.41, 5.74) is 7.91. The van der Waals surface area contributed by atoms with E-state index in [4.69, 9.17) is 10.5 Å². The minimum absolute atomic E-state index is 0.537. The third-order valence-corrected chi connectivity index (χ3v) is 3.12. The number of unbranched alkanes of at least 4 members (excludes halogenated alkanes) is 7. The first-order chi connectivity index (χ1) is 8.83. The first kappa shape index (κ1) is 14.9. The Morgan fingerprint density at radius 2 is 1.39 bits per heavy atom. The van der Waals surface area contributed by atoms with Crippen molar-refractivity contribution < 1.29 is 4.74 Å². The molecular weight excluding hydrogens is 222 g/mol. The van der Waals surface area contributed by atoms with Crippen LogP contribution >= 0.6 is 0 Å². The average molecular weight is 248 g/mol. The Labute approximate surface area is 112 Å². The van der Waals surface area contributed by atoms with Crippen molar-refractivity contribution in [1.82, 2.24) is 0 Å². The number of rotatable bonds is 10. The summed E-state index contributed by atoms with van der Waals surface area (Å²) < 4.78 is 5.62. The van der Waals surface area contributed by atoms with Crippen molar-refractivity contribution in [2.75, 3.05) is 6.61 Å². The third-order valence-electron chi connectivity index (χ3n) is 3.12. The molecule has 0 atom stereocenters. The van der Waals surface area contributed by atoms with Crippen LogP contribution in [0.15, 0.2) is 24.3 Å². The molecule has 0 aliphatic carbocycles. The molecule has 2 heteroatoms. The van der Waals surface area contributed by atoms with E-state index in [9.17, 15) is 0 Å². The van der Waals surface area contributed by atoms with Crippen LogP contribution in [0.3, 0.4) is 0 Å². The lowest BCUT2D eigenvalue weighted by atomic mass is 10.1. The van der Waals surface area contributed by atoms with E-state index in [1.165, 1.54) is 44.9 Å². The van der Waals surface area contributed by atoms with E-state index >= 15 is 0 Å². The van der Waals surface area contributed by atoms with Gasteiger partial charge in [-0.15, -0.1) is 5.69 Å². The van der Waals surface area contributed by atoms with Crippen LogP contribution in [0.4, 0.5) is 5.69 Å². The molecule has 0 heterocycles. The fourth-order valence-electron chi connectivity index (χ4n) is 1.98. The van der Waals surface area contributed by atoms with Gasteiger partial charge in [-0.3, -0.25) is 0 Å². The highest BCUT2D eigenvalue weighted by Gasteiger charge is 1.93. The lowest BCUT2D eigenvalue weighted by Gasteiger charge is -2.08. The summed E-state index contributed by atoms with van der Waals surface area (Å²) >= 11 is 0. The van der Waals surface area contributed by atoms with E-state index in [0.717, 1.165) is 18.8 Å². The van der Waals surface area contributed by atoms with Crippen molar-refractivity contribution in [3.05, 3.63) is 30.0 Å². The SMILES string of the molecule is CCCCCCCCCCOc1ccc([NH-])cc1. The maximum Gasteiger partial charge on any atom is 0.119 e. The Kier molecular flexibility index (Phi) is 8.11. The Morgan fingerprint density at radius 1 is 0.833 bits per heavy atom. The van der Waals surface area contributed by atoms with Crippen LogP contribution < -0.4 is 4.74 Å². The quantitative estimate of drug-likeness (QED) is 0.475. The summed E-state index contributed by atoms with van der Waals surface area (Å²) in [5.74, 6) is 0.883. The Hall–Kier alpha value is -1.18. The standard InChI is InChI=1S/C16H26NO/c1-2-3-4-5-6-7-8-9-14-18-16-12-10-15(17)11-13-16/h10-13,17H,2-9,14H2,1H3/q-1. The molecular formula is C16H26NO-. The van der Waals surface area contributed by atoms with E-state index in [-0.39, 0.29) is 0 Å². The van der Waals surface area contributed by atoms with Crippen molar-refractivity contribution in [3.63, 3.8) is 0 Å². The van der Waals surface area contributed by atoms with Gasteiger partial charge < -0.3 is 10.5 Å². The molecule has 1 rings (SSSR count). The van der Waals surface area contributed by atoms with Crippen molar-refractivity contribution in [2.45, 2.75) is 58.3 Å². The fourth-order valence-corrected chi connectivity index (χ4v) is 1.98. The number of hydrogen-bond acceptors (Lipinski definition) is 1. The number of nitrogens with one attached hydrogen (secondary N) is 1. The maximum atomic E-state index is 7.37. The molecule has 0 fully saturated rings. The maximum absolute atomic E-state index is 7.37. The van der Waals surface area contributed by atoms with Crippen LogP contribution in [-0.2, 0) is 0 Å². The first-order valence-electron chi connectivity index (χ1n) is 7.27. The van der Waals surface area contributed by atoms with Gasteiger partial charge in [-0.05, 0) is 18.6 Å². The highest BCUT2D eigenvalue weighted by molar-refractivity contribution is 5.45. The molecule has 0 spiro atoms. The Bertz CT molecular complexity index is 294. The van der Waals surface area contributed by atoms with Crippen molar-refractivity contribution in [3.8, 4) is 5.75 Å². The molecule has 0 radical (unpaired) electrons. The lowest BCUT2D eigenvalue weighted by molar-refractivity contribution is 0.304. The second kappa shape index (κ2) is 9.81. The molecule has 0 amide bonds. The van der Waals surface area contributed by atoms with Gasteiger partial charge in [-0.1, -0.05) is 64.0 Å². The molecule has 0 aliphatic heterocycles. The molecule has 0 saturated carbocycles. The molecule has 1 aromatic rings. The molecule has 0 unspecified atom stereocenters. The average Bonchev–Trinajstić information content (AvgIpc) is 2.39. The predicted octanol–water partition coefficient (Wildman–Crippen LogP) is 5.89. The van der Waals surface area contributed by atoms with Gasteiger partial charge in [0.15, 0.2) is 0 Å². The van der Waals surface area contributed by atoms with Crippen LogP contribution in [0, 0.1) is 0 Å². The number of benzene rings is 1. The summed E-state index contributed by atoms with van der Waals surface area (Å²) in [5, 5.41) is 0. The Balaban J connectivity index is 1.91. The van der Waals surface area contributed by atoms with E-state index in [0.29, 0.717) is 5.69 Å². The second-order valence-corrected chi connectivity index (χ2v) is 4.85. The summed E-state index contributed by atoms with van der Waals surface area (Å²) in [6, 6.07) is 7.27. The zero-order chi connectivity index (χ0) is 13.1. The van der Waals surface area contributed by atoms with Crippen LogP contribution in [-0.4, -0.2) is 6.61 Å². The summed E-state index contributed by atoms with van der Waals surface area (Å²) in [6.07, 6.45) is 10.6. The fraction of sp³-hybridized carbons (Fsp3) is 0.625. The minimum atomic E-state index is 0.537. The molecule has 0 aliphatic rings. The molecule has 1 aromatic carbocycles. The zero-order valence-electron chi connectivity index (χ0n) is 11.6. The van der Waals surface area contributed by atoms with Gasteiger partial charge in [0.05, 0.1) is 6.61 Å². The lowest BCUT2D eigenvalue weighted by Crippen LogP contribution is -1.96. The van der Waals surface area contributed by atoms with E-state index in [2.05, 4.69) is 6.92 Å².